The third-order valence-electron chi connectivity index (χ3n) is 5.12. The molecule has 0 fully saturated rings. The summed E-state index contributed by atoms with van der Waals surface area (Å²) in [6.45, 7) is 0. The van der Waals surface area contributed by atoms with Gasteiger partial charge in [0.25, 0.3) is 0 Å². The lowest BCUT2D eigenvalue weighted by Crippen LogP contribution is -2.26. The number of carbonyl (C=O) groups excluding carboxylic acids is 1. The normalized spacial score (nSPS) is 12.7. The number of halogens is 1. The highest BCUT2D eigenvalue weighted by Crippen LogP contribution is 2.40. The second-order valence-corrected chi connectivity index (χ2v) is 8.38. The molecule has 9 heteroatoms. The van der Waals surface area contributed by atoms with E-state index in [1.807, 2.05) is 71.9 Å². The number of Topliss-reactive ketones (excluding diaryl/α,β-unsaturated/α-hetero) is 1. The second kappa shape index (κ2) is 8.46. The van der Waals surface area contributed by atoms with Crippen LogP contribution in [0.15, 0.2) is 65.1 Å². The van der Waals surface area contributed by atoms with Gasteiger partial charge in [-0.15, -0.1) is 10.2 Å². The number of nitriles is 1. The molecule has 0 unspecified atom stereocenters. The first-order chi connectivity index (χ1) is 14.9. The summed E-state index contributed by atoms with van der Waals surface area (Å²) in [7, 11) is 5.56. The van der Waals surface area contributed by atoms with E-state index in [9.17, 15) is 10.1 Å². The first kappa shape index (κ1) is 21.0. The molecule has 1 aromatic heterocycles. The number of rotatable bonds is 5. The molecule has 0 amide bonds. The zero-order valence-electron chi connectivity index (χ0n) is 17.2. The van der Waals surface area contributed by atoms with Gasteiger partial charge in [-0.3, -0.25) is 4.79 Å². The molecule has 0 bridgehead atoms. The standard InChI is InChI=1S/C22H19ClN6OS/c1-27-17-6-4-5-7-18(17)28(2)21(27)16(12-24)19(30)13-31-22-26-25-20(29(22)3)14-8-10-15(23)11-9-14/h4-11H,13H2,1-3H3. The summed E-state index contributed by atoms with van der Waals surface area (Å²) >= 11 is 7.21. The van der Waals surface area contributed by atoms with E-state index in [1.165, 1.54) is 11.8 Å². The van der Waals surface area contributed by atoms with Crippen molar-refractivity contribution in [2.75, 3.05) is 29.6 Å². The van der Waals surface area contributed by atoms with Crippen molar-refractivity contribution in [3.8, 4) is 17.5 Å². The van der Waals surface area contributed by atoms with Crippen LogP contribution in [-0.4, -0.2) is 40.4 Å². The van der Waals surface area contributed by atoms with Crippen molar-refractivity contribution in [3.05, 3.63) is 64.9 Å². The maximum absolute atomic E-state index is 13.0. The van der Waals surface area contributed by atoms with Crippen molar-refractivity contribution in [2.45, 2.75) is 5.16 Å². The molecule has 2 aromatic carbocycles. The largest absolute Gasteiger partial charge is 0.328 e. The highest BCUT2D eigenvalue weighted by atomic mass is 35.5. The molecule has 0 N–H and O–H groups in total. The minimum Gasteiger partial charge on any atom is -0.328 e. The highest BCUT2D eigenvalue weighted by molar-refractivity contribution is 7.99. The summed E-state index contributed by atoms with van der Waals surface area (Å²) < 4.78 is 1.82. The number of carbonyl (C=O) groups is 1. The number of anilines is 2. The molecular weight excluding hydrogens is 432 g/mol. The molecule has 0 saturated carbocycles. The maximum atomic E-state index is 13.0. The summed E-state index contributed by atoms with van der Waals surface area (Å²) in [6.07, 6.45) is 0. The fraction of sp³-hybridized carbons (Fsp3) is 0.182. The summed E-state index contributed by atoms with van der Waals surface area (Å²) in [4.78, 5) is 16.7. The lowest BCUT2D eigenvalue weighted by Gasteiger charge is -2.19. The third-order valence-corrected chi connectivity index (χ3v) is 6.40. The van der Waals surface area contributed by atoms with Crippen molar-refractivity contribution in [1.29, 1.82) is 5.26 Å². The minimum absolute atomic E-state index is 0.0804. The Balaban J connectivity index is 1.55. The lowest BCUT2D eigenvalue weighted by atomic mass is 10.2. The first-order valence-electron chi connectivity index (χ1n) is 9.44. The van der Waals surface area contributed by atoms with Crippen molar-refractivity contribution in [3.63, 3.8) is 0 Å². The van der Waals surface area contributed by atoms with Gasteiger partial charge in [-0.05, 0) is 36.4 Å². The molecule has 2 heterocycles. The van der Waals surface area contributed by atoms with Gasteiger partial charge in [-0.2, -0.15) is 5.26 Å². The van der Waals surface area contributed by atoms with E-state index < -0.39 is 0 Å². The van der Waals surface area contributed by atoms with Gasteiger partial charge < -0.3 is 14.4 Å². The molecule has 0 atom stereocenters. The minimum atomic E-state index is -0.259. The molecule has 0 saturated heterocycles. The third kappa shape index (κ3) is 3.78. The smallest absolute Gasteiger partial charge is 0.191 e. The van der Waals surface area contributed by atoms with Gasteiger partial charge in [-0.25, -0.2) is 0 Å². The predicted molar refractivity (Wildman–Crippen MR) is 123 cm³/mol. The number of fused-ring (bicyclic) bond motifs is 1. The molecule has 0 radical (unpaired) electrons. The van der Waals surface area contributed by atoms with Crippen LogP contribution in [0.1, 0.15) is 0 Å². The molecule has 1 aliphatic rings. The fourth-order valence-electron chi connectivity index (χ4n) is 3.55. The van der Waals surface area contributed by atoms with E-state index in [1.54, 1.807) is 12.1 Å². The summed E-state index contributed by atoms with van der Waals surface area (Å²) in [5.41, 5.74) is 2.90. The molecule has 31 heavy (non-hydrogen) atoms. The van der Waals surface area contributed by atoms with Crippen molar-refractivity contribution in [1.82, 2.24) is 14.8 Å². The topological polar surface area (TPSA) is 78.0 Å². The number of benzene rings is 2. The van der Waals surface area contributed by atoms with Crippen LogP contribution < -0.4 is 9.80 Å². The number of ketones is 1. The Labute approximate surface area is 189 Å². The van der Waals surface area contributed by atoms with Crippen LogP contribution >= 0.6 is 23.4 Å². The van der Waals surface area contributed by atoms with Gasteiger partial charge >= 0.3 is 0 Å². The van der Waals surface area contributed by atoms with E-state index in [2.05, 4.69) is 16.3 Å². The maximum Gasteiger partial charge on any atom is 0.191 e. The van der Waals surface area contributed by atoms with Gasteiger partial charge in [0.15, 0.2) is 16.8 Å². The average Bonchev–Trinajstić information content (AvgIpc) is 3.26. The van der Waals surface area contributed by atoms with Gasteiger partial charge in [-0.1, -0.05) is 35.5 Å². The van der Waals surface area contributed by atoms with Crippen molar-refractivity contribution >= 4 is 40.5 Å². The van der Waals surface area contributed by atoms with Crippen LogP contribution in [0.2, 0.25) is 5.02 Å². The average molecular weight is 451 g/mol. The van der Waals surface area contributed by atoms with E-state index in [0.29, 0.717) is 21.8 Å². The number of hydrogen-bond donors (Lipinski definition) is 0. The van der Waals surface area contributed by atoms with Crippen LogP contribution in [0.3, 0.4) is 0 Å². The molecule has 156 valence electrons. The summed E-state index contributed by atoms with van der Waals surface area (Å²) in [5.74, 6) is 1.08. The zero-order valence-corrected chi connectivity index (χ0v) is 18.8. The van der Waals surface area contributed by atoms with Crippen LogP contribution in [0.25, 0.3) is 11.4 Å². The SMILES string of the molecule is CN1C(=C(C#N)C(=O)CSc2nnc(-c3ccc(Cl)cc3)n2C)N(C)c2ccccc21. The summed E-state index contributed by atoms with van der Waals surface area (Å²) in [5, 5.41) is 19.4. The number of para-hydroxylation sites is 2. The lowest BCUT2D eigenvalue weighted by molar-refractivity contribution is -0.112. The highest BCUT2D eigenvalue weighted by Gasteiger charge is 2.31. The van der Waals surface area contributed by atoms with Crippen molar-refractivity contribution in [2.24, 2.45) is 7.05 Å². The number of allylic oxidation sites excluding steroid dienone is 1. The monoisotopic (exact) mass is 450 g/mol. The molecule has 7 nitrogen and oxygen atoms in total. The number of hydrogen-bond acceptors (Lipinski definition) is 7. The Hall–Kier alpha value is -3.28. The van der Waals surface area contributed by atoms with Crippen LogP contribution in [0.4, 0.5) is 11.4 Å². The first-order valence-corrected chi connectivity index (χ1v) is 10.8. The quantitative estimate of drug-likeness (QED) is 0.328. The van der Waals surface area contributed by atoms with E-state index in [4.69, 9.17) is 11.6 Å². The fourth-order valence-corrected chi connectivity index (χ4v) is 4.46. The van der Waals surface area contributed by atoms with Gasteiger partial charge in [0, 0.05) is 31.7 Å². The Kier molecular flexibility index (Phi) is 5.72. The second-order valence-electron chi connectivity index (χ2n) is 7.00. The molecule has 0 aliphatic carbocycles. The van der Waals surface area contributed by atoms with Gasteiger partial charge in [0.2, 0.25) is 0 Å². The zero-order chi connectivity index (χ0) is 22.1. The number of aromatic nitrogens is 3. The molecule has 3 aromatic rings. The Bertz CT molecular complexity index is 1200. The molecule has 1 aliphatic heterocycles. The van der Waals surface area contributed by atoms with Gasteiger partial charge in [0.05, 0.1) is 17.1 Å². The van der Waals surface area contributed by atoms with E-state index >= 15 is 0 Å². The van der Waals surface area contributed by atoms with Gasteiger partial charge in [0.1, 0.15) is 17.5 Å². The van der Waals surface area contributed by atoms with Crippen molar-refractivity contribution < 1.29 is 4.79 Å². The predicted octanol–water partition coefficient (Wildman–Crippen LogP) is 4.12. The van der Waals surface area contributed by atoms with Crippen LogP contribution in [-0.2, 0) is 11.8 Å². The molecule has 4 rings (SSSR count). The number of thioether (sulfide) groups is 1. The van der Waals surface area contributed by atoms with Crippen LogP contribution in [0, 0.1) is 11.3 Å². The number of nitrogens with zero attached hydrogens (tertiary/aromatic N) is 6. The van der Waals surface area contributed by atoms with Crippen LogP contribution in [0.5, 0.6) is 0 Å². The summed E-state index contributed by atoms with van der Waals surface area (Å²) in [6, 6.07) is 17.2. The Morgan fingerprint density at radius 2 is 1.65 bits per heavy atom. The van der Waals surface area contributed by atoms with E-state index in [-0.39, 0.29) is 17.1 Å². The Morgan fingerprint density at radius 3 is 2.23 bits per heavy atom. The van der Waals surface area contributed by atoms with E-state index in [0.717, 1.165) is 16.9 Å². The Morgan fingerprint density at radius 1 is 1.03 bits per heavy atom. The molecular formula is C22H19ClN6OS. The molecule has 0 spiro atoms.